The van der Waals surface area contributed by atoms with Gasteiger partial charge in [0.1, 0.15) is 18.8 Å². The molecule has 0 spiro atoms. The first-order chi connectivity index (χ1) is 13.4. The van der Waals surface area contributed by atoms with E-state index >= 15 is 0 Å². The monoisotopic (exact) mass is 417 g/mol. The molecule has 1 aliphatic heterocycles. The number of hydrogen-bond donors (Lipinski definition) is 1. The molecule has 166 valence electrons. The summed E-state index contributed by atoms with van der Waals surface area (Å²) >= 11 is 0. The molecule has 10 nitrogen and oxygen atoms in total. The molecular weight excluding hydrogens is 386 g/mol. The van der Waals surface area contributed by atoms with E-state index in [2.05, 4.69) is 5.32 Å². The van der Waals surface area contributed by atoms with Crippen LogP contribution in [0, 0.1) is 0 Å². The number of carbonyl (C=O) groups is 4. The summed E-state index contributed by atoms with van der Waals surface area (Å²) in [5.41, 5.74) is -0.921. The molecule has 10 heteroatoms. The SMILES string of the molecule is CCOC(C)(C)C1OC(COC(C)=O)C(OC(C)=O)C(OC(C)=O)C1NC(C)=O. The fourth-order valence-electron chi connectivity index (χ4n) is 3.38. The third-order valence-corrected chi connectivity index (χ3v) is 4.32. The molecule has 0 bridgehead atoms. The average molecular weight is 417 g/mol. The van der Waals surface area contributed by atoms with Gasteiger partial charge in [0, 0.05) is 34.3 Å². The highest BCUT2D eigenvalue weighted by Gasteiger charge is 2.55. The Morgan fingerprint density at radius 1 is 0.931 bits per heavy atom. The molecule has 1 aliphatic rings. The van der Waals surface area contributed by atoms with Crippen LogP contribution >= 0.6 is 0 Å². The first-order valence-electron chi connectivity index (χ1n) is 9.43. The predicted molar refractivity (Wildman–Crippen MR) is 99.7 cm³/mol. The van der Waals surface area contributed by atoms with E-state index in [0.29, 0.717) is 6.61 Å². The topological polar surface area (TPSA) is 126 Å². The summed E-state index contributed by atoms with van der Waals surface area (Å²) in [7, 11) is 0. The lowest BCUT2D eigenvalue weighted by atomic mass is 9.84. The van der Waals surface area contributed by atoms with Crippen LogP contribution in [0.25, 0.3) is 0 Å². The Balaban J connectivity index is 3.43. The second-order valence-electron chi connectivity index (χ2n) is 7.31. The summed E-state index contributed by atoms with van der Waals surface area (Å²) in [6, 6.07) is -0.879. The molecule has 0 aromatic rings. The molecule has 1 N–H and O–H groups in total. The minimum atomic E-state index is -1.11. The van der Waals surface area contributed by atoms with Gasteiger partial charge in [0.25, 0.3) is 0 Å². The molecular formula is C19H31NO9. The van der Waals surface area contributed by atoms with Gasteiger partial charge in [-0.2, -0.15) is 0 Å². The van der Waals surface area contributed by atoms with Gasteiger partial charge in [0.2, 0.25) is 5.91 Å². The van der Waals surface area contributed by atoms with Crippen LogP contribution in [0.4, 0.5) is 0 Å². The van der Waals surface area contributed by atoms with Crippen molar-refractivity contribution in [2.45, 2.75) is 84.5 Å². The standard InChI is InChI=1S/C19H31NO9/c1-8-26-19(6,7)18-15(20-10(2)21)17(28-13(5)24)16(27-12(4)23)14(29-18)9-25-11(3)22/h14-18H,8-9H2,1-7H3,(H,20,21). The number of hydrogen-bond acceptors (Lipinski definition) is 9. The molecule has 1 heterocycles. The Morgan fingerprint density at radius 2 is 1.48 bits per heavy atom. The molecule has 5 unspecified atom stereocenters. The Hall–Kier alpha value is -2.20. The van der Waals surface area contributed by atoms with Gasteiger partial charge in [-0.15, -0.1) is 0 Å². The lowest BCUT2D eigenvalue weighted by Crippen LogP contribution is -2.70. The number of amides is 1. The summed E-state index contributed by atoms with van der Waals surface area (Å²) in [5.74, 6) is -2.23. The Bertz CT molecular complexity index is 619. The number of esters is 3. The lowest BCUT2D eigenvalue weighted by molar-refractivity contribution is -0.253. The Morgan fingerprint density at radius 3 is 1.93 bits per heavy atom. The number of nitrogens with one attached hydrogen (secondary N) is 1. The minimum absolute atomic E-state index is 0.240. The summed E-state index contributed by atoms with van der Waals surface area (Å²) in [5, 5.41) is 2.72. The average Bonchev–Trinajstić information content (AvgIpc) is 2.55. The van der Waals surface area contributed by atoms with Crippen LogP contribution < -0.4 is 5.32 Å². The molecule has 1 rings (SSSR count). The maximum absolute atomic E-state index is 11.9. The zero-order chi connectivity index (χ0) is 22.4. The normalized spacial score (nSPS) is 26.9. The highest BCUT2D eigenvalue weighted by molar-refractivity contribution is 5.74. The van der Waals surface area contributed by atoms with Crippen molar-refractivity contribution < 1.29 is 42.9 Å². The first kappa shape index (κ1) is 24.8. The summed E-state index contributed by atoms with van der Waals surface area (Å²) < 4.78 is 27.8. The van der Waals surface area contributed by atoms with E-state index in [-0.39, 0.29) is 6.61 Å². The zero-order valence-corrected chi connectivity index (χ0v) is 18.0. The summed E-state index contributed by atoms with van der Waals surface area (Å²) in [4.78, 5) is 46.7. The van der Waals surface area contributed by atoms with Crippen LogP contribution in [0.2, 0.25) is 0 Å². The van der Waals surface area contributed by atoms with Crippen LogP contribution in [0.3, 0.4) is 0 Å². The van der Waals surface area contributed by atoms with Crippen LogP contribution in [-0.2, 0) is 42.9 Å². The number of carbonyl (C=O) groups excluding carboxylic acids is 4. The lowest BCUT2D eigenvalue weighted by Gasteiger charge is -2.49. The molecule has 1 saturated heterocycles. The van der Waals surface area contributed by atoms with Crippen molar-refractivity contribution in [1.82, 2.24) is 5.32 Å². The number of ether oxygens (including phenoxy) is 5. The molecule has 5 atom stereocenters. The maximum Gasteiger partial charge on any atom is 0.303 e. The fourth-order valence-corrected chi connectivity index (χ4v) is 3.38. The Labute approximate surface area is 170 Å². The van der Waals surface area contributed by atoms with Gasteiger partial charge in [-0.1, -0.05) is 0 Å². The van der Waals surface area contributed by atoms with E-state index in [1.807, 2.05) is 0 Å². The van der Waals surface area contributed by atoms with Gasteiger partial charge >= 0.3 is 17.9 Å². The van der Waals surface area contributed by atoms with E-state index in [4.69, 9.17) is 23.7 Å². The van der Waals surface area contributed by atoms with Gasteiger partial charge in [0.15, 0.2) is 12.2 Å². The Kier molecular flexibility index (Phi) is 9.03. The largest absolute Gasteiger partial charge is 0.463 e. The summed E-state index contributed by atoms with van der Waals surface area (Å²) in [6.07, 6.45) is -3.94. The van der Waals surface area contributed by atoms with Crippen LogP contribution in [0.15, 0.2) is 0 Å². The number of rotatable bonds is 8. The molecule has 29 heavy (non-hydrogen) atoms. The third kappa shape index (κ3) is 7.28. The van der Waals surface area contributed by atoms with Crippen molar-refractivity contribution in [2.24, 2.45) is 0 Å². The molecule has 0 saturated carbocycles. The molecule has 0 radical (unpaired) electrons. The molecule has 0 aromatic carbocycles. The smallest absolute Gasteiger partial charge is 0.303 e. The van der Waals surface area contributed by atoms with Crippen molar-refractivity contribution >= 4 is 23.8 Å². The van der Waals surface area contributed by atoms with E-state index < -0.39 is 59.9 Å². The highest BCUT2D eigenvalue weighted by atomic mass is 16.6. The van der Waals surface area contributed by atoms with Gasteiger partial charge in [0.05, 0.1) is 11.6 Å². The quantitative estimate of drug-likeness (QED) is 0.444. The van der Waals surface area contributed by atoms with Crippen molar-refractivity contribution in [2.75, 3.05) is 13.2 Å². The van der Waals surface area contributed by atoms with Gasteiger partial charge < -0.3 is 29.0 Å². The molecule has 1 amide bonds. The van der Waals surface area contributed by atoms with Crippen molar-refractivity contribution in [3.05, 3.63) is 0 Å². The van der Waals surface area contributed by atoms with Gasteiger partial charge in [-0.3, -0.25) is 19.2 Å². The van der Waals surface area contributed by atoms with Crippen LogP contribution in [-0.4, -0.2) is 73.1 Å². The van der Waals surface area contributed by atoms with E-state index in [1.54, 1.807) is 20.8 Å². The van der Waals surface area contributed by atoms with Gasteiger partial charge in [-0.25, -0.2) is 0 Å². The molecule has 0 aromatic heterocycles. The van der Waals surface area contributed by atoms with E-state index in [1.165, 1.54) is 27.7 Å². The highest BCUT2D eigenvalue weighted by Crippen LogP contribution is 2.33. The molecule has 0 aliphatic carbocycles. The van der Waals surface area contributed by atoms with Crippen LogP contribution in [0.5, 0.6) is 0 Å². The summed E-state index contributed by atoms with van der Waals surface area (Å²) in [6.45, 7) is 10.4. The third-order valence-electron chi connectivity index (χ3n) is 4.32. The maximum atomic E-state index is 11.9. The second kappa shape index (κ2) is 10.5. The zero-order valence-electron chi connectivity index (χ0n) is 18.0. The predicted octanol–water partition coefficient (Wildman–Crippen LogP) is 0.500. The van der Waals surface area contributed by atoms with Crippen molar-refractivity contribution in [3.63, 3.8) is 0 Å². The van der Waals surface area contributed by atoms with E-state index in [9.17, 15) is 19.2 Å². The minimum Gasteiger partial charge on any atom is -0.463 e. The van der Waals surface area contributed by atoms with Crippen molar-refractivity contribution in [1.29, 1.82) is 0 Å². The first-order valence-corrected chi connectivity index (χ1v) is 9.43. The fraction of sp³-hybridized carbons (Fsp3) is 0.789. The molecule has 1 fully saturated rings. The van der Waals surface area contributed by atoms with E-state index in [0.717, 1.165) is 0 Å². The second-order valence-corrected chi connectivity index (χ2v) is 7.31. The van der Waals surface area contributed by atoms with Crippen LogP contribution in [0.1, 0.15) is 48.5 Å². The van der Waals surface area contributed by atoms with Gasteiger partial charge in [-0.05, 0) is 20.8 Å². The van der Waals surface area contributed by atoms with Crippen molar-refractivity contribution in [3.8, 4) is 0 Å².